The molecule has 2 aromatic carbocycles. The van der Waals surface area contributed by atoms with Gasteiger partial charge in [0.2, 0.25) is 10.0 Å². The van der Waals surface area contributed by atoms with Gasteiger partial charge in [-0.3, -0.25) is 4.79 Å². The zero-order valence-electron chi connectivity index (χ0n) is 14.8. The maximum absolute atomic E-state index is 13.3. The van der Waals surface area contributed by atoms with Crippen LogP contribution in [-0.4, -0.2) is 31.7 Å². The number of benzene rings is 2. The smallest absolute Gasteiger partial charge is 0.255 e. The standard InChI is InChI=1S/C19H20ClFN2O3S/c1-13-5-7-15(27(25,26)23-9-3-2-4-10-23)12-16(13)19(24)22-14-6-8-18(21)17(20)11-14/h5-8,11-12H,2-4,9-10H2,1H3,(H,22,24). The predicted octanol–water partition coefficient (Wildman–Crippen LogP) is 4.21. The maximum Gasteiger partial charge on any atom is 0.255 e. The van der Waals surface area contributed by atoms with Gasteiger partial charge < -0.3 is 5.32 Å². The summed E-state index contributed by atoms with van der Waals surface area (Å²) in [5, 5.41) is 2.52. The predicted molar refractivity (Wildman–Crippen MR) is 103 cm³/mol. The number of piperidine rings is 1. The fourth-order valence-corrected chi connectivity index (χ4v) is 4.76. The van der Waals surface area contributed by atoms with Crippen LogP contribution in [0.3, 0.4) is 0 Å². The zero-order chi connectivity index (χ0) is 19.6. The molecule has 1 N–H and O–H groups in total. The molecule has 0 bridgehead atoms. The molecule has 0 spiro atoms. The number of aryl methyl sites for hydroxylation is 1. The first kappa shape index (κ1) is 19.8. The first-order valence-electron chi connectivity index (χ1n) is 8.66. The van der Waals surface area contributed by atoms with Crippen molar-refractivity contribution in [3.05, 3.63) is 58.4 Å². The van der Waals surface area contributed by atoms with Gasteiger partial charge in [-0.25, -0.2) is 12.8 Å². The Balaban J connectivity index is 1.88. The van der Waals surface area contributed by atoms with Crippen molar-refractivity contribution >= 4 is 33.2 Å². The lowest BCUT2D eigenvalue weighted by Crippen LogP contribution is -2.35. The number of sulfonamides is 1. The van der Waals surface area contributed by atoms with Gasteiger partial charge in [0.1, 0.15) is 5.82 Å². The van der Waals surface area contributed by atoms with Crippen LogP contribution >= 0.6 is 11.6 Å². The van der Waals surface area contributed by atoms with E-state index in [1.54, 1.807) is 13.0 Å². The minimum Gasteiger partial charge on any atom is -0.322 e. The molecule has 8 heteroatoms. The van der Waals surface area contributed by atoms with E-state index < -0.39 is 21.7 Å². The van der Waals surface area contributed by atoms with Crippen molar-refractivity contribution in [3.63, 3.8) is 0 Å². The highest BCUT2D eigenvalue weighted by Crippen LogP contribution is 2.24. The molecule has 0 atom stereocenters. The van der Waals surface area contributed by atoms with E-state index in [1.165, 1.54) is 28.6 Å². The normalized spacial score (nSPS) is 15.5. The Morgan fingerprint density at radius 2 is 1.81 bits per heavy atom. The number of nitrogens with zero attached hydrogens (tertiary/aromatic N) is 1. The monoisotopic (exact) mass is 410 g/mol. The first-order valence-corrected chi connectivity index (χ1v) is 10.5. The van der Waals surface area contributed by atoms with E-state index in [0.29, 0.717) is 24.3 Å². The van der Waals surface area contributed by atoms with Crippen LogP contribution in [0.5, 0.6) is 0 Å². The van der Waals surface area contributed by atoms with Gasteiger partial charge in [-0.1, -0.05) is 24.1 Å². The Morgan fingerprint density at radius 3 is 2.48 bits per heavy atom. The number of amides is 1. The van der Waals surface area contributed by atoms with Crippen LogP contribution in [0.1, 0.15) is 35.2 Å². The molecule has 2 aromatic rings. The third-order valence-corrected chi connectivity index (χ3v) is 6.77. The van der Waals surface area contributed by atoms with Gasteiger partial charge in [-0.15, -0.1) is 0 Å². The van der Waals surface area contributed by atoms with Crippen molar-refractivity contribution in [1.29, 1.82) is 0 Å². The molecule has 0 unspecified atom stereocenters. The molecule has 3 rings (SSSR count). The summed E-state index contributed by atoms with van der Waals surface area (Å²) in [7, 11) is -3.64. The van der Waals surface area contributed by atoms with Crippen molar-refractivity contribution in [2.75, 3.05) is 18.4 Å². The summed E-state index contributed by atoms with van der Waals surface area (Å²) in [6, 6.07) is 8.37. The van der Waals surface area contributed by atoms with E-state index in [0.717, 1.165) is 25.3 Å². The fourth-order valence-electron chi connectivity index (χ4n) is 3.03. The topological polar surface area (TPSA) is 66.5 Å². The lowest BCUT2D eigenvalue weighted by atomic mass is 10.1. The highest BCUT2D eigenvalue weighted by Gasteiger charge is 2.27. The van der Waals surface area contributed by atoms with Gasteiger partial charge in [0.25, 0.3) is 5.91 Å². The molecule has 1 heterocycles. The average molecular weight is 411 g/mol. The van der Waals surface area contributed by atoms with Crippen molar-refractivity contribution in [2.24, 2.45) is 0 Å². The number of nitrogens with one attached hydrogen (secondary N) is 1. The number of carbonyl (C=O) groups excluding carboxylic acids is 1. The maximum atomic E-state index is 13.3. The lowest BCUT2D eigenvalue weighted by Gasteiger charge is -2.26. The molecule has 1 fully saturated rings. The number of rotatable bonds is 4. The van der Waals surface area contributed by atoms with Crippen LogP contribution in [0.2, 0.25) is 5.02 Å². The molecule has 1 aliphatic rings. The highest BCUT2D eigenvalue weighted by atomic mass is 35.5. The number of halogens is 2. The number of anilines is 1. The van der Waals surface area contributed by atoms with E-state index in [2.05, 4.69) is 5.32 Å². The van der Waals surface area contributed by atoms with Gasteiger partial charge in [-0.2, -0.15) is 4.31 Å². The summed E-state index contributed by atoms with van der Waals surface area (Å²) in [4.78, 5) is 12.7. The van der Waals surface area contributed by atoms with E-state index in [-0.39, 0.29) is 15.5 Å². The minimum absolute atomic E-state index is 0.0947. The molecule has 1 saturated heterocycles. The number of carbonyl (C=O) groups is 1. The summed E-state index contributed by atoms with van der Waals surface area (Å²) >= 11 is 5.73. The molecule has 144 valence electrons. The van der Waals surface area contributed by atoms with Gasteiger partial charge in [-0.05, 0) is 55.7 Å². The highest BCUT2D eigenvalue weighted by molar-refractivity contribution is 7.89. The average Bonchev–Trinajstić information content (AvgIpc) is 2.65. The van der Waals surface area contributed by atoms with Gasteiger partial charge >= 0.3 is 0 Å². The van der Waals surface area contributed by atoms with E-state index in [1.807, 2.05) is 0 Å². The summed E-state index contributed by atoms with van der Waals surface area (Å²) in [6.45, 7) is 2.71. The SMILES string of the molecule is Cc1ccc(S(=O)(=O)N2CCCCC2)cc1C(=O)Nc1ccc(F)c(Cl)c1. The molecule has 5 nitrogen and oxygen atoms in total. The van der Waals surface area contributed by atoms with Crippen LogP contribution in [0.4, 0.5) is 10.1 Å². The summed E-state index contributed by atoms with van der Waals surface area (Å²) in [5.41, 5.74) is 1.21. The van der Waals surface area contributed by atoms with Crippen LogP contribution in [0.25, 0.3) is 0 Å². The third kappa shape index (κ3) is 4.31. The molecular weight excluding hydrogens is 391 g/mol. The second-order valence-corrected chi connectivity index (χ2v) is 8.87. The first-order chi connectivity index (χ1) is 12.8. The Kier molecular flexibility index (Phi) is 5.83. The second kappa shape index (κ2) is 7.96. The van der Waals surface area contributed by atoms with Gasteiger partial charge in [0.15, 0.2) is 0 Å². The van der Waals surface area contributed by atoms with Gasteiger partial charge in [0, 0.05) is 24.3 Å². The molecule has 27 heavy (non-hydrogen) atoms. The third-order valence-electron chi connectivity index (χ3n) is 4.58. The molecule has 0 aromatic heterocycles. The fraction of sp³-hybridized carbons (Fsp3) is 0.316. The summed E-state index contributed by atoms with van der Waals surface area (Å²) < 4.78 is 40.4. The number of hydrogen-bond donors (Lipinski definition) is 1. The van der Waals surface area contributed by atoms with E-state index in [9.17, 15) is 17.6 Å². The summed E-state index contributed by atoms with van der Waals surface area (Å²) in [5.74, 6) is -1.06. The quantitative estimate of drug-likeness (QED) is 0.820. The Bertz CT molecular complexity index is 973. The van der Waals surface area contributed by atoms with E-state index in [4.69, 9.17) is 11.6 Å². The van der Waals surface area contributed by atoms with Crippen molar-refractivity contribution in [1.82, 2.24) is 4.31 Å². The Labute approximate surface area is 163 Å². The Hall–Kier alpha value is -1.96. The molecule has 1 aliphatic heterocycles. The van der Waals surface area contributed by atoms with Crippen molar-refractivity contribution in [3.8, 4) is 0 Å². The van der Waals surface area contributed by atoms with Crippen LogP contribution in [0, 0.1) is 12.7 Å². The van der Waals surface area contributed by atoms with Crippen LogP contribution < -0.4 is 5.32 Å². The number of hydrogen-bond acceptors (Lipinski definition) is 3. The van der Waals surface area contributed by atoms with E-state index >= 15 is 0 Å². The van der Waals surface area contributed by atoms with Crippen LogP contribution in [-0.2, 0) is 10.0 Å². The molecule has 1 amide bonds. The van der Waals surface area contributed by atoms with Gasteiger partial charge in [0.05, 0.1) is 9.92 Å². The minimum atomic E-state index is -3.64. The lowest BCUT2D eigenvalue weighted by molar-refractivity contribution is 0.102. The van der Waals surface area contributed by atoms with Crippen molar-refractivity contribution in [2.45, 2.75) is 31.1 Å². The second-order valence-electron chi connectivity index (χ2n) is 6.52. The molecule has 0 saturated carbocycles. The zero-order valence-corrected chi connectivity index (χ0v) is 16.4. The summed E-state index contributed by atoms with van der Waals surface area (Å²) in [6.07, 6.45) is 2.70. The largest absolute Gasteiger partial charge is 0.322 e. The Morgan fingerprint density at radius 1 is 1.11 bits per heavy atom. The molecule has 0 aliphatic carbocycles. The molecule has 0 radical (unpaired) electrons. The van der Waals surface area contributed by atoms with Crippen LogP contribution in [0.15, 0.2) is 41.3 Å². The van der Waals surface area contributed by atoms with Crippen molar-refractivity contribution < 1.29 is 17.6 Å². The molecular formula is C19H20ClFN2O3S.